The number of hydrogen-bond acceptors (Lipinski definition) is 14. The van der Waals surface area contributed by atoms with Crippen molar-refractivity contribution in [2.75, 3.05) is 39.6 Å². The molecular formula is C89H156O16P2. The fraction of sp³-hybridized carbons (Fsp3) is 0.742. The van der Waals surface area contributed by atoms with E-state index in [-0.39, 0.29) is 19.3 Å². The van der Waals surface area contributed by atoms with Crippen molar-refractivity contribution in [2.24, 2.45) is 0 Å². The van der Waals surface area contributed by atoms with E-state index in [4.69, 9.17) is 32.3 Å². The average molecular weight is 1540 g/mol. The van der Waals surface area contributed by atoms with Crippen LogP contribution in [0.1, 0.15) is 367 Å². The molecule has 0 aromatic heterocycles. The maximum Gasteiger partial charge on any atom is 0.472 e. The number of unbranched alkanes of at least 4 members (excludes halogenated alkanes) is 38. The smallest absolute Gasteiger partial charge is 0.463 e. The molecule has 618 valence electrons. The molecule has 0 saturated heterocycles. The number of ether oxygens (including phenoxy) is 3. The molecule has 0 aromatic rings. The van der Waals surface area contributed by atoms with E-state index in [9.17, 15) is 43.5 Å². The van der Waals surface area contributed by atoms with E-state index in [1.165, 1.54) is 167 Å². The summed E-state index contributed by atoms with van der Waals surface area (Å²) in [7, 11) is -9.79. The first-order valence-electron chi connectivity index (χ1n) is 42.8. The van der Waals surface area contributed by atoms with Gasteiger partial charge in [0.1, 0.15) is 25.4 Å². The number of hydrogen-bond donors (Lipinski definition) is 4. The molecule has 0 rings (SSSR count). The van der Waals surface area contributed by atoms with E-state index in [1.807, 2.05) is 0 Å². The van der Waals surface area contributed by atoms with Crippen LogP contribution in [0.4, 0.5) is 0 Å². The zero-order chi connectivity index (χ0) is 78.0. The molecule has 0 amide bonds. The highest BCUT2D eigenvalue weighted by Crippen LogP contribution is 2.45. The Bertz CT molecular complexity index is 2430. The Morgan fingerprint density at radius 1 is 0.271 bits per heavy atom. The molecule has 0 aliphatic rings. The van der Waals surface area contributed by atoms with Crippen molar-refractivity contribution in [3.63, 3.8) is 0 Å². The maximum absolute atomic E-state index is 12.9. The van der Waals surface area contributed by atoms with Gasteiger partial charge in [-0.05, 0) is 128 Å². The number of rotatable bonds is 81. The summed E-state index contributed by atoms with van der Waals surface area (Å²) in [5.41, 5.74) is 0. The van der Waals surface area contributed by atoms with Crippen molar-refractivity contribution in [1.82, 2.24) is 0 Å². The number of carbonyl (C=O) groups excluding carboxylic acids is 3. The topological polar surface area (TPSA) is 231 Å². The van der Waals surface area contributed by atoms with E-state index < -0.39 is 91.5 Å². The minimum Gasteiger partial charge on any atom is -0.463 e. The average Bonchev–Trinajstić information content (AvgIpc) is 0.908. The normalized spacial score (nSPS) is 14.5. The zero-order valence-corrected chi connectivity index (χ0v) is 69.6. The van der Waals surface area contributed by atoms with Gasteiger partial charge < -0.3 is 34.2 Å². The molecule has 0 aliphatic carbocycles. The van der Waals surface area contributed by atoms with Gasteiger partial charge in [0.05, 0.1) is 26.4 Å². The van der Waals surface area contributed by atoms with Gasteiger partial charge in [-0.15, -0.1) is 0 Å². The van der Waals surface area contributed by atoms with Crippen LogP contribution in [-0.2, 0) is 55.8 Å². The monoisotopic (exact) mass is 1540 g/mol. The Balaban J connectivity index is 4.38. The van der Waals surface area contributed by atoms with Crippen molar-refractivity contribution < 1.29 is 75.8 Å². The number of esters is 3. The molecule has 18 heteroatoms. The van der Waals surface area contributed by atoms with E-state index >= 15 is 0 Å². The lowest BCUT2D eigenvalue weighted by Crippen LogP contribution is -2.30. The molecule has 0 heterocycles. The van der Waals surface area contributed by atoms with Crippen LogP contribution in [0.3, 0.4) is 0 Å². The molecule has 0 aliphatic heterocycles. The van der Waals surface area contributed by atoms with Gasteiger partial charge in [-0.1, -0.05) is 341 Å². The minimum absolute atomic E-state index is 0.0939. The van der Waals surface area contributed by atoms with Crippen molar-refractivity contribution in [3.05, 3.63) is 122 Å². The third-order valence-corrected chi connectivity index (χ3v) is 20.0. The summed E-state index contributed by atoms with van der Waals surface area (Å²) in [6, 6.07) is 0. The number of allylic oxidation sites excluding steroid dienone is 20. The minimum atomic E-state index is -4.93. The summed E-state index contributed by atoms with van der Waals surface area (Å²) in [6.07, 6.45) is 98.5. The zero-order valence-electron chi connectivity index (χ0n) is 67.8. The molecule has 5 unspecified atom stereocenters. The van der Waals surface area contributed by atoms with Crippen molar-refractivity contribution >= 4 is 33.6 Å². The van der Waals surface area contributed by atoms with Crippen molar-refractivity contribution in [3.8, 4) is 0 Å². The van der Waals surface area contributed by atoms with E-state index in [0.717, 1.165) is 141 Å². The third kappa shape index (κ3) is 82.7. The molecule has 0 spiro atoms. The Hall–Kier alpha value is -4.05. The molecule has 107 heavy (non-hydrogen) atoms. The van der Waals surface area contributed by atoms with Crippen LogP contribution in [0, 0.1) is 0 Å². The molecule has 5 atom stereocenters. The lowest BCUT2D eigenvalue weighted by molar-refractivity contribution is -0.161. The second-order valence-electron chi connectivity index (χ2n) is 28.6. The fourth-order valence-electron chi connectivity index (χ4n) is 11.6. The van der Waals surface area contributed by atoms with Crippen LogP contribution in [0.5, 0.6) is 0 Å². The Labute approximate surface area is 653 Å². The summed E-state index contributed by atoms with van der Waals surface area (Å²) in [5, 5.41) is 20.7. The van der Waals surface area contributed by atoms with Crippen LogP contribution >= 0.6 is 15.6 Å². The Morgan fingerprint density at radius 3 is 0.822 bits per heavy atom. The van der Waals surface area contributed by atoms with Crippen LogP contribution < -0.4 is 0 Å². The van der Waals surface area contributed by atoms with Gasteiger partial charge in [0.25, 0.3) is 0 Å². The molecule has 0 radical (unpaired) electrons. The number of aliphatic hydroxyl groups excluding tert-OH is 2. The largest absolute Gasteiger partial charge is 0.472 e. The van der Waals surface area contributed by atoms with Crippen LogP contribution in [0.2, 0.25) is 0 Å². The predicted molar refractivity (Wildman–Crippen MR) is 445 cm³/mol. The molecule has 0 bridgehead atoms. The van der Waals surface area contributed by atoms with Crippen LogP contribution in [0.25, 0.3) is 0 Å². The first kappa shape index (κ1) is 103. The molecule has 0 saturated carbocycles. The maximum atomic E-state index is 12.9. The van der Waals surface area contributed by atoms with Crippen LogP contribution in [-0.4, -0.2) is 95.9 Å². The van der Waals surface area contributed by atoms with E-state index in [0.29, 0.717) is 19.3 Å². The second-order valence-corrected chi connectivity index (χ2v) is 31.5. The highest BCUT2D eigenvalue weighted by Gasteiger charge is 2.29. The number of phosphoric ester groups is 2. The van der Waals surface area contributed by atoms with Crippen molar-refractivity contribution in [2.45, 2.75) is 386 Å². The van der Waals surface area contributed by atoms with Crippen LogP contribution in [0.15, 0.2) is 122 Å². The summed E-state index contributed by atoms with van der Waals surface area (Å²) >= 11 is 0. The second kappa shape index (κ2) is 81.4. The number of aliphatic hydroxyl groups is 2. The van der Waals surface area contributed by atoms with Gasteiger partial charge in [0.15, 0.2) is 6.10 Å². The van der Waals surface area contributed by atoms with E-state index in [1.54, 1.807) is 0 Å². The van der Waals surface area contributed by atoms with Gasteiger partial charge in [-0.2, -0.15) is 0 Å². The lowest BCUT2D eigenvalue weighted by atomic mass is 10.0. The van der Waals surface area contributed by atoms with Gasteiger partial charge in [-0.25, -0.2) is 9.13 Å². The predicted octanol–water partition coefficient (Wildman–Crippen LogP) is 25.7. The lowest BCUT2D eigenvalue weighted by Gasteiger charge is -2.21. The Morgan fingerprint density at radius 2 is 0.505 bits per heavy atom. The first-order valence-corrected chi connectivity index (χ1v) is 45.8. The first-order chi connectivity index (χ1) is 52.2. The standard InChI is InChI=1S/C89H156O16P2/c1-4-7-10-13-16-19-22-24-26-28-30-32-34-36-38-40-41-43-45-46-48-50-52-54-56-58-61-63-66-69-72-75-87(92)99-78-84(90)79-101-106(95,96)102-80-85(91)81-103-107(97,98)104-83-86(105-89(94)77-74-71-68-65-60-21-18-15-12-9-6-3)82-100-88(93)76-73-70-67-64-62-59-57-55-53-51-49-47-44-42-39-37-35-33-31-29-27-25-23-20-17-14-11-8-5-2/h8,11,15-20,24-27,30-33,36-39,84-86,90-91H,4-7,9-10,12-14,21-23,28-29,34-35,40-83H2,1-3H3,(H,95,96)(H,97,98)/b11-8-,18-15-,19-16-,20-17-,26-24-,27-25-,32-30-,33-31-,38-36-,39-37-. The number of carbonyl (C=O) groups is 3. The SMILES string of the molecule is CC/C=C\C/C=C\C/C=C\C/C=C\C/C=C\CCCCCCCCCCCCCCCC(=O)OCC(COP(=O)(O)OCC(O)COP(=O)(O)OCC(O)COC(=O)CCCCCCCCCCCCCCCCC/C=C\C/C=C\C/C=C\C/C=C\CCCCC)OC(=O)CCCCCCC/C=C\CCCC. The van der Waals surface area contributed by atoms with E-state index in [2.05, 4.69) is 142 Å². The summed E-state index contributed by atoms with van der Waals surface area (Å²) < 4.78 is 61.2. The molecule has 0 fully saturated rings. The molecule has 0 aromatic carbocycles. The van der Waals surface area contributed by atoms with Crippen molar-refractivity contribution in [1.29, 1.82) is 0 Å². The van der Waals surface area contributed by atoms with Gasteiger partial charge >= 0.3 is 33.6 Å². The summed E-state index contributed by atoms with van der Waals surface area (Å²) in [4.78, 5) is 58.7. The molecule has 16 nitrogen and oxygen atoms in total. The highest BCUT2D eigenvalue weighted by atomic mass is 31.2. The van der Waals surface area contributed by atoms with Gasteiger partial charge in [-0.3, -0.25) is 32.5 Å². The van der Waals surface area contributed by atoms with Gasteiger partial charge in [0.2, 0.25) is 0 Å². The Kier molecular flexibility index (Phi) is 78.4. The fourth-order valence-corrected chi connectivity index (χ4v) is 13.2. The number of phosphoric acid groups is 2. The quantitative estimate of drug-likeness (QED) is 0.0146. The summed E-state index contributed by atoms with van der Waals surface area (Å²) in [5.74, 6) is -1.58. The third-order valence-electron chi connectivity index (χ3n) is 18.1. The highest BCUT2D eigenvalue weighted by molar-refractivity contribution is 7.47. The molecule has 4 N–H and O–H groups in total. The molecular weight excluding hydrogens is 1390 g/mol. The summed E-state index contributed by atoms with van der Waals surface area (Å²) in [6.45, 7) is 2.52. The van der Waals surface area contributed by atoms with Gasteiger partial charge in [0, 0.05) is 19.3 Å².